The van der Waals surface area contributed by atoms with Crippen LogP contribution in [0.4, 0.5) is 0 Å². The van der Waals surface area contributed by atoms with Crippen LogP contribution in [-0.4, -0.2) is 108 Å². The topological polar surface area (TPSA) is 219 Å². The molecule has 16 nitrogen and oxygen atoms in total. The van der Waals surface area contributed by atoms with Gasteiger partial charge in [-0.25, -0.2) is 26.4 Å². The number of piperidine rings is 2. The fraction of sp³-hybridized carbons (Fsp3) is 0.571. The molecule has 4 fully saturated rings. The third-order valence-electron chi connectivity index (χ3n) is 12.4. The van der Waals surface area contributed by atoms with Crippen molar-refractivity contribution in [2.24, 2.45) is 21.8 Å². The number of aliphatic imine (C=N–C) groups is 2. The number of benzene rings is 2. The number of amidine groups is 2. The van der Waals surface area contributed by atoms with Crippen molar-refractivity contribution in [3.8, 4) is 0 Å². The second kappa shape index (κ2) is 19.9. The van der Waals surface area contributed by atoms with Crippen LogP contribution < -0.4 is 16.0 Å². The molecule has 61 heavy (non-hydrogen) atoms. The number of amides is 2. The van der Waals surface area contributed by atoms with E-state index in [4.69, 9.17) is 25.4 Å². The summed E-state index contributed by atoms with van der Waals surface area (Å²) in [6, 6.07) is 11.6. The van der Waals surface area contributed by atoms with Crippen molar-refractivity contribution in [3.63, 3.8) is 0 Å². The smallest absolute Gasteiger partial charge is 0.339 e. The Labute approximate surface area is 362 Å². The molecule has 0 bridgehead atoms. The summed E-state index contributed by atoms with van der Waals surface area (Å²) in [4.78, 5) is 57.3. The minimum atomic E-state index is -3.92. The van der Waals surface area contributed by atoms with E-state index >= 15 is 0 Å². The quantitative estimate of drug-likeness (QED) is 0.255. The van der Waals surface area contributed by atoms with Crippen molar-refractivity contribution in [1.82, 2.24) is 20.3 Å². The van der Waals surface area contributed by atoms with Crippen LogP contribution in [0.1, 0.15) is 111 Å². The van der Waals surface area contributed by atoms with E-state index in [9.17, 15) is 36.0 Å². The first-order valence-corrected chi connectivity index (χ1v) is 24.7. The van der Waals surface area contributed by atoms with E-state index in [2.05, 4.69) is 20.7 Å². The molecule has 0 radical (unpaired) electrons. The van der Waals surface area contributed by atoms with E-state index < -0.39 is 42.1 Å². The lowest BCUT2D eigenvalue weighted by atomic mass is 9.88. The molecule has 2 aromatic rings. The van der Waals surface area contributed by atoms with Crippen LogP contribution in [0.5, 0.6) is 0 Å². The van der Waals surface area contributed by atoms with Crippen molar-refractivity contribution < 1.29 is 45.5 Å². The van der Waals surface area contributed by atoms with Gasteiger partial charge in [-0.3, -0.25) is 19.6 Å². The van der Waals surface area contributed by atoms with Crippen molar-refractivity contribution in [3.05, 3.63) is 59.7 Å². The molecule has 2 aromatic carbocycles. The zero-order valence-corrected chi connectivity index (χ0v) is 37.0. The van der Waals surface area contributed by atoms with Gasteiger partial charge in [0.2, 0.25) is 10.0 Å². The molecule has 3 N–H and O–H groups in total. The standard InChI is InChI=1S/C21H27N3O5S.C13H21N3O.C8H7ClO4S/c1-29-19(25)16-9-5-6-10-17(16)30(27,28)24-13-11-21(12-14-24)20(26)22-18(23-21)15-7-3-2-4-8-15;17-12-13(6-8-14-9-7-13)16-11(15-12)10-4-2-1-3-5-10;1-13-8(10)6-4-2-3-5-7(6)14(9,11)12/h5-6,9-10,15H,2-4,7-8,11-14H2,1H3,(H,22,23,26);10,14H,1-9H2,(H,15,16,17);2-5H,1H3. The number of methoxy groups -OCH3 is 2. The Morgan fingerprint density at radius 1 is 0.656 bits per heavy atom. The fourth-order valence-corrected chi connectivity index (χ4v) is 11.6. The molecule has 0 unspecified atom stereocenters. The molecule has 332 valence electrons. The van der Waals surface area contributed by atoms with Crippen LogP contribution in [0.3, 0.4) is 0 Å². The highest BCUT2D eigenvalue weighted by atomic mass is 35.7. The first-order chi connectivity index (χ1) is 29.1. The van der Waals surface area contributed by atoms with Gasteiger partial charge in [0.25, 0.3) is 20.9 Å². The number of sulfonamides is 1. The number of hydrogen-bond acceptors (Lipinski definition) is 13. The summed E-state index contributed by atoms with van der Waals surface area (Å²) in [5.41, 5.74) is -1.35. The maximum Gasteiger partial charge on any atom is 0.339 e. The van der Waals surface area contributed by atoms with Gasteiger partial charge in [-0.1, -0.05) is 62.8 Å². The highest BCUT2D eigenvalue weighted by Crippen LogP contribution is 2.36. The van der Waals surface area contributed by atoms with Crippen LogP contribution >= 0.6 is 10.7 Å². The zero-order chi connectivity index (χ0) is 43.8. The number of ether oxygens (including phenoxy) is 2. The van der Waals surface area contributed by atoms with Gasteiger partial charge >= 0.3 is 11.9 Å². The van der Waals surface area contributed by atoms with Crippen LogP contribution in [-0.2, 0) is 38.1 Å². The molecule has 4 aliphatic heterocycles. The SMILES string of the molecule is COC(=O)c1ccccc1S(=O)(=O)Cl.COC(=O)c1ccccc1S(=O)(=O)N1CCC2(CC1)N=C(C1CCCCC1)NC2=O.O=C1NC(C2CCCCC2)=NC12CCNCC2. The number of halogens is 1. The summed E-state index contributed by atoms with van der Waals surface area (Å²) in [5.74, 6) is 1.21. The van der Waals surface area contributed by atoms with E-state index in [-0.39, 0.29) is 45.8 Å². The molecule has 19 heteroatoms. The molecular weight excluding hydrogens is 848 g/mol. The lowest BCUT2D eigenvalue weighted by molar-refractivity contribution is -0.125. The molecular formula is C42H55ClN6O10S2. The molecule has 8 rings (SSSR count). The minimum absolute atomic E-state index is 0.0106. The number of rotatable bonds is 7. The van der Waals surface area contributed by atoms with Crippen molar-refractivity contribution in [2.45, 2.75) is 111 Å². The second-order valence-electron chi connectivity index (χ2n) is 16.2. The van der Waals surface area contributed by atoms with E-state index in [1.165, 1.54) is 93.4 Å². The molecule has 4 heterocycles. The Balaban J connectivity index is 0.000000169. The van der Waals surface area contributed by atoms with Crippen LogP contribution in [0.2, 0.25) is 0 Å². The monoisotopic (exact) mass is 902 g/mol. The summed E-state index contributed by atoms with van der Waals surface area (Å²) in [6.45, 7) is 2.17. The number of nitrogens with zero attached hydrogens (tertiary/aromatic N) is 3. The largest absolute Gasteiger partial charge is 0.465 e. The first-order valence-electron chi connectivity index (χ1n) is 21.0. The zero-order valence-electron chi connectivity index (χ0n) is 34.6. The lowest BCUT2D eigenvalue weighted by Crippen LogP contribution is -2.50. The highest BCUT2D eigenvalue weighted by Gasteiger charge is 2.49. The van der Waals surface area contributed by atoms with Crippen molar-refractivity contribution in [2.75, 3.05) is 40.4 Å². The minimum Gasteiger partial charge on any atom is -0.465 e. The molecule has 2 saturated carbocycles. The van der Waals surface area contributed by atoms with Gasteiger partial charge in [0.1, 0.15) is 22.7 Å². The van der Waals surface area contributed by atoms with Crippen molar-refractivity contribution in [1.29, 1.82) is 0 Å². The van der Waals surface area contributed by atoms with Crippen LogP contribution in [0.15, 0.2) is 68.3 Å². The summed E-state index contributed by atoms with van der Waals surface area (Å²) in [7, 11) is -0.295. The van der Waals surface area contributed by atoms with E-state index in [0.29, 0.717) is 24.7 Å². The summed E-state index contributed by atoms with van der Waals surface area (Å²) in [5, 5.41) is 9.35. The Morgan fingerprint density at radius 2 is 1.07 bits per heavy atom. The average Bonchev–Trinajstić information content (AvgIpc) is 3.78. The Hall–Kier alpha value is -4.23. The van der Waals surface area contributed by atoms with Crippen LogP contribution in [0, 0.1) is 11.8 Å². The third kappa shape index (κ3) is 10.5. The van der Waals surface area contributed by atoms with E-state index in [1.54, 1.807) is 12.1 Å². The van der Waals surface area contributed by atoms with Gasteiger partial charge in [-0.2, -0.15) is 4.31 Å². The lowest BCUT2D eigenvalue weighted by Gasteiger charge is -2.35. The maximum absolute atomic E-state index is 13.2. The summed E-state index contributed by atoms with van der Waals surface area (Å²) >= 11 is 0. The third-order valence-corrected chi connectivity index (χ3v) is 15.8. The van der Waals surface area contributed by atoms with Gasteiger partial charge in [0.05, 0.1) is 35.1 Å². The van der Waals surface area contributed by atoms with E-state index in [1.807, 2.05) is 0 Å². The van der Waals surface area contributed by atoms with Crippen LogP contribution in [0.25, 0.3) is 0 Å². The summed E-state index contributed by atoms with van der Waals surface area (Å²) < 4.78 is 58.9. The predicted octanol–water partition coefficient (Wildman–Crippen LogP) is 4.72. The number of carbonyl (C=O) groups is 4. The van der Waals surface area contributed by atoms with Gasteiger partial charge in [-0.15, -0.1) is 0 Å². The van der Waals surface area contributed by atoms with Gasteiger partial charge < -0.3 is 25.4 Å². The van der Waals surface area contributed by atoms with E-state index in [0.717, 1.165) is 63.3 Å². The molecule has 2 amide bonds. The fourth-order valence-electron chi connectivity index (χ4n) is 8.90. The number of carbonyl (C=O) groups excluding carboxylic acids is 4. The summed E-state index contributed by atoms with van der Waals surface area (Å²) in [6.07, 6.45) is 14.3. The first kappa shape index (κ1) is 46.3. The molecule has 0 aromatic heterocycles. The Bertz CT molecular complexity index is 2240. The molecule has 2 aliphatic carbocycles. The molecule has 2 spiro atoms. The predicted molar refractivity (Wildman–Crippen MR) is 228 cm³/mol. The normalized spacial score (nSPS) is 21.8. The Kier molecular flexibility index (Phi) is 15.1. The average molecular weight is 904 g/mol. The highest BCUT2D eigenvalue weighted by molar-refractivity contribution is 8.13. The van der Waals surface area contributed by atoms with Gasteiger partial charge in [0, 0.05) is 35.6 Å². The molecule has 6 aliphatic rings. The second-order valence-corrected chi connectivity index (χ2v) is 20.6. The maximum atomic E-state index is 13.2. The molecule has 2 saturated heterocycles. The number of nitrogens with one attached hydrogen (secondary N) is 3. The number of hydrogen-bond donors (Lipinski definition) is 3. The number of esters is 2. The van der Waals surface area contributed by atoms with Crippen molar-refractivity contribution >= 4 is 65.2 Å². The van der Waals surface area contributed by atoms with Gasteiger partial charge in [-0.05, 0) is 88.7 Å². The Morgan fingerprint density at radius 3 is 1.51 bits per heavy atom. The molecule has 0 atom stereocenters. The van der Waals surface area contributed by atoms with Gasteiger partial charge in [0.15, 0.2) is 0 Å².